The van der Waals surface area contributed by atoms with E-state index in [0.29, 0.717) is 6.42 Å². The number of rotatable bonds is 9. The maximum Gasteiger partial charge on any atom is 0.224 e. The lowest BCUT2D eigenvalue weighted by Crippen LogP contribution is -2.09. The molecule has 0 atom stereocenters. The van der Waals surface area contributed by atoms with Gasteiger partial charge in [0.15, 0.2) is 0 Å². The molecule has 19 heavy (non-hydrogen) atoms. The van der Waals surface area contributed by atoms with E-state index in [1.807, 2.05) is 31.2 Å². The highest BCUT2D eigenvalue weighted by Gasteiger charge is 1.99. The molecule has 0 heterocycles. The monoisotopic (exact) mass is 263 g/mol. The summed E-state index contributed by atoms with van der Waals surface area (Å²) in [6, 6.07) is 7.55. The number of amides is 1. The summed E-state index contributed by atoms with van der Waals surface area (Å²) in [7, 11) is 0. The van der Waals surface area contributed by atoms with Crippen molar-refractivity contribution in [3.8, 4) is 5.75 Å². The highest BCUT2D eigenvalue weighted by atomic mass is 16.5. The fraction of sp³-hybridized carbons (Fsp3) is 0.562. The molecule has 0 aliphatic carbocycles. The third-order valence-electron chi connectivity index (χ3n) is 2.98. The molecule has 0 aliphatic heterocycles. The number of anilines is 1. The van der Waals surface area contributed by atoms with Crippen molar-refractivity contribution >= 4 is 11.6 Å². The molecule has 1 rings (SSSR count). The second kappa shape index (κ2) is 9.42. The van der Waals surface area contributed by atoms with E-state index in [9.17, 15) is 4.79 Å². The van der Waals surface area contributed by atoms with Crippen molar-refractivity contribution in [1.29, 1.82) is 0 Å². The maximum absolute atomic E-state index is 11.2. The highest BCUT2D eigenvalue weighted by molar-refractivity contribution is 5.90. The molecule has 3 heteroatoms. The van der Waals surface area contributed by atoms with Crippen LogP contribution in [-0.2, 0) is 4.79 Å². The van der Waals surface area contributed by atoms with Gasteiger partial charge in [-0.2, -0.15) is 0 Å². The zero-order chi connectivity index (χ0) is 13.9. The Morgan fingerprint density at radius 3 is 2.37 bits per heavy atom. The summed E-state index contributed by atoms with van der Waals surface area (Å²) < 4.78 is 5.66. The molecule has 0 fully saturated rings. The van der Waals surface area contributed by atoms with Gasteiger partial charge in [-0.15, -0.1) is 0 Å². The lowest BCUT2D eigenvalue weighted by molar-refractivity contribution is -0.115. The van der Waals surface area contributed by atoms with Crippen LogP contribution in [0.15, 0.2) is 24.3 Å². The minimum absolute atomic E-state index is 0.0320. The largest absolute Gasteiger partial charge is 0.494 e. The summed E-state index contributed by atoms with van der Waals surface area (Å²) in [6.45, 7) is 4.82. The van der Waals surface area contributed by atoms with Crippen molar-refractivity contribution in [2.75, 3.05) is 11.9 Å². The van der Waals surface area contributed by atoms with E-state index >= 15 is 0 Å². The van der Waals surface area contributed by atoms with Crippen LogP contribution in [0.3, 0.4) is 0 Å². The zero-order valence-electron chi connectivity index (χ0n) is 12.1. The molecular weight excluding hydrogens is 238 g/mol. The Kier molecular flexibility index (Phi) is 7.71. The third-order valence-corrected chi connectivity index (χ3v) is 2.98. The number of unbranched alkanes of at least 4 members (excludes halogenated alkanes) is 4. The molecule has 1 aromatic rings. The standard InChI is InChI=1S/C16H25NO2/c1-3-5-6-7-8-13-19-15-11-9-14(10-12-15)17-16(18)4-2/h9-12H,3-8,13H2,1-2H3,(H,17,18). The molecule has 1 aromatic carbocycles. The minimum atomic E-state index is 0.0320. The van der Waals surface area contributed by atoms with Crippen LogP contribution < -0.4 is 10.1 Å². The van der Waals surface area contributed by atoms with Gasteiger partial charge in [-0.25, -0.2) is 0 Å². The first-order chi connectivity index (χ1) is 9.26. The van der Waals surface area contributed by atoms with Crippen molar-refractivity contribution < 1.29 is 9.53 Å². The summed E-state index contributed by atoms with van der Waals surface area (Å²) in [5.74, 6) is 0.898. The maximum atomic E-state index is 11.2. The van der Waals surface area contributed by atoms with Gasteiger partial charge in [-0.3, -0.25) is 4.79 Å². The molecule has 106 valence electrons. The lowest BCUT2D eigenvalue weighted by atomic mass is 10.2. The van der Waals surface area contributed by atoms with Crippen LogP contribution in [0, 0.1) is 0 Å². The van der Waals surface area contributed by atoms with Gasteiger partial charge in [0.1, 0.15) is 5.75 Å². The molecule has 0 bridgehead atoms. The van der Waals surface area contributed by atoms with Gasteiger partial charge < -0.3 is 10.1 Å². The van der Waals surface area contributed by atoms with Crippen LogP contribution in [0.5, 0.6) is 5.75 Å². The van der Waals surface area contributed by atoms with Gasteiger partial charge in [0.05, 0.1) is 6.61 Å². The molecule has 0 aromatic heterocycles. The van der Waals surface area contributed by atoms with Crippen LogP contribution in [0.25, 0.3) is 0 Å². The van der Waals surface area contributed by atoms with Crippen molar-refractivity contribution in [3.63, 3.8) is 0 Å². The quantitative estimate of drug-likeness (QED) is 0.671. The predicted molar refractivity (Wildman–Crippen MR) is 79.6 cm³/mol. The summed E-state index contributed by atoms with van der Waals surface area (Å²) in [4.78, 5) is 11.2. The molecule has 0 aliphatic rings. The molecule has 0 saturated heterocycles. The van der Waals surface area contributed by atoms with E-state index in [2.05, 4.69) is 12.2 Å². The first-order valence-corrected chi connectivity index (χ1v) is 7.29. The first-order valence-electron chi connectivity index (χ1n) is 7.29. The van der Waals surface area contributed by atoms with Crippen LogP contribution in [0.1, 0.15) is 52.4 Å². The average molecular weight is 263 g/mol. The smallest absolute Gasteiger partial charge is 0.224 e. The Morgan fingerprint density at radius 2 is 1.74 bits per heavy atom. The molecular formula is C16H25NO2. The fourth-order valence-electron chi connectivity index (χ4n) is 1.78. The number of carbonyl (C=O) groups excluding carboxylic acids is 1. The van der Waals surface area contributed by atoms with Crippen molar-refractivity contribution in [2.45, 2.75) is 52.4 Å². The number of benzene rings is 1. The second-order valence-electron chi connectivity index (χ2n) is 4.69. The average Bonchev–Trinajstić information content (AvgIpc) is 2.44. The molecule has 3 nitrogen and oxygen atoms in total. The number of nitrogens with one attached hydrogen (secondary N) is 1. The summed E-state index contributed by atoms with van der Waals surface area (Å²) in [5.41, 5.74) is 0.821. The molecule has 1 amide bonds. The van der Waals surface area contributed by atoms with Gasteiger partial charge in [-0.05, 0) is 30.7 Å². The first kappa shape index (κ1) is 15.5. The fourth-order valence-corrected chi connectivity index (χ4v) is 1.78. The van der Waals surface area contributed by atoms with E-state index in [1.54, 1.807) is 0 Å². The van der Waals surface area contributed by atoms with Crippen molar-refractivity contribution in [3.05, 3.63) is 24.3 Å². The Bertz CT molecular complexity index is 360. The normalized spacial score (nSPS) is 10.2. The lowest BCUT2D eigenvalue weighted by Gasteiger charge is -2.08. The minimum Gasteiger partial charge on any atom is -0.494 e. The SMILES string of the molecule is CCCCCCCOc1ccc(NC(=O)CC)cc1. The van der Waals surface area contributed by atoms with Crippen LogP contribution >= 0.6 is 0 Å². The zero-order valence-corrected chi connectivity index (χ0v) is 12.1. The van der Waals surface area contributed by atoms with Crippen LogP contribution in [0.2, 0.25) is 0 Å². The van der Waals surface area contributed by atoms with E-state index < -0.39 is 0 Å². The van der Waals surface area contributed by atoms with Gasteiger partial charge in [0.25, 0.3) is 0 Å². The van der Waals surface area contributed by atoms with E-state index in [1.165, 1.54) is 25.7 Å². The number of carbonyl (C=O) groups is 1. The molecule has 0 radical (unpaired) electrons. The summed E-state index contributed by atoms with van der Waals surface area (Å²) in [6.07, 6.45) is 6.71. The number of hydrogen-bond acceptors (Lipinski definition) is 2. The number of hydrogen-bond donors (Lipinski definition) is 1. The van der Waals surface area contributed by atoms with Gasteiger partial charge >= 0.3 is 0 Å². The van der Waals surface area contributed by atoms with E-state index in [0.717, 1.165) is 24.5 Å². The summed E-state index contributed by atoms with van der Waals surface area (Å²) >= 11 is 0. The molecule has 0 unspecified atom stereocenters. The molecule has 0 saturated carbocycles. The predicted octanol–water partition coefficient (Wildman–Crippen LogP) is 4.38. The highest BCUT2D eigenvalue weighted by Crippen LogP contribution is 2.16. The summed E-state index contributed by atoms with van der Waals surface area (Å²) in [5, 5.41) is 2.81. The van der Waals surface area contributed by atoms with E-state index in [4.69, 9.17) is 4.74 Å². The van der Waals surface area contributed by atoms with Gasteiger partial charge in [-0.1, -0.05) is 39.5 Å². The molecule has 0 spiro atoms. The Balaban J connectivity index is 2.22. The van der Waals surface area contributed by atoms with Crippen LogP contribution in [-0.4, -0.2) is 12.5 Å². The Labute approximate surface area is 116 Å². The Hall–Kier alpha value is -1.51. The Morgan fingerprint density at radius 1 is 1.05 bits per heavy atom. The second-order valence-corrected chi connectivity index (χ2v) is 4.69. The van der Waals surface area contributed by atoms with Crippen LogP contribution in [0.4, 0.5) is 5.69 Å². The third kappa shape index (κ3) is 6.85. The van der Waals surface area contributed by atoms with Crippen molar-refractivity contribution in [2.24, 2.45) is 0 Å². The van der Waals surface area contributed by atoms with E-state index in [-0.39, 0.29) is 5.91 Å². The number of ether oxygens (including phenoxy) is 1. The van der Waals surface area contributed by atoms with Crippen molar-refractivity contribution in [1.82, 2.24) is 0 Å². The topological polar surface area (TPSA) is 38.3 Å². The van der Waals surface area contributed by atoms with Gasteiger partial charge in [0.2, 0.25) is 5.91 Å². The molecule has 1 N–H and O–H groups in total. The van der Waals surface area contributed by atoms with Gasteiger partial charge in [0, 0.05) is 12.1 Å².